The van der Waals surface area contributed by atoms with Crippen LogP contribution in [0.15, 0.2) is 18.2 Å². The van der Waals surface area contributed by atoms with E-state index in [2.05, 4.69) is 4.18 Å². The van der Waals surface area contributed by atoms with Gasteiger partial charge in [-0.1, -0.05) is 6.92 Å². The van der Waals surface area contributed by atoms with Gasteiger partial charge >= 0.3 is 6.09 Å². The maximum atomic E-state index is 14.7. The number of aliphatic hydroxyl groups is 1. The Bertz CT molecular complexity index is 838. The molecule has 28 heavy (non-hydrogen) atoms. The van der Waals surface area contributed by atoms with Crippen molar-refractivity contribution in [1.82, 2.24) is 0 Å². The third kappa shape index (κ3) is 4.73. The van der Waals surface area contributed by atoms with Crippen LogP contribution in [0.25, 0.3) is 0 Å². The van der Waals surface area contributed by atoms with Crippen LogP contribution in [0.4, 0.5) is 20.6 Å². The molecule has 156 valence electrons. The van der Waals surface area contributed by atoms with E-state index in [1.165, 1.54) is 11.0 Å². The standard InChI is InChI=1S/C18H25FN2O6S/c1-3-18(23)6-8-20(9-7-18)16-5-4-13(10-15(16)19)21-11-14(27-17(21)22)12-26-28(2,24)25/h4-5,10,14,23H,3,6-9,11-12H2,1-2H3/t14-/m1/s1. The van der Waals surface area contributed by atoms with E-state index in [1.54, 1.807) is 12.1 Å². The molecule has 2 aliphatic rings. The Kier molecular flexibility index (Phi) is 5.83. The zero-order valence-corrected chi connectivity index (χ0v) is 16.7. The maximum Gasteiger partial charge on any atom is 0.414 e. The van der Waals surface area contributed by atoms with Crippen LogP contribution in [-0.2, 0) is 19.0 Å². The summed E-state index contributed by atoms with van der Waals surface area (Å²) in [5.41, 5.74) is 0.0662. The van der Waals surface area contributed by atoms with Crippen LogP contribution in [-0.4, -0.2) is 63.8 Å². The highest BCUT2D eigenvalue weighted by Crippen LogP contribution is 2.32. The summed E-state index contributed by atoms with van der Waals surface area (Å²) in [7, 11) is -3.64. The van der Waals surface area contributed by atoms with Crippen molar-refractivity contribution in [3.8, 4) is 0 Å². The van der Waals surface area contributed by atoms with Crippen molar-refractivity contribution in [3.05, 3.63) is 24.0 Å². The molecule has 2 heterocycles. The Morgan fingerprint density at radius 3 is 2.61 bits per heavy atom. The highest BCUT2D eigenvalue weighted by molar-refractivity contribution is 7.85. The average molecular weight is 416 g/mol. The zero-order valence-electron chi connectivity index (χ0n) is 15.9. The second kappa shape index (κ2) is 7.84. The summed E-state index contributed by atoms with van der Waals surface area (Å²) in [4.78, 5) is 15.2. The number of anilines is 2. The van der Waals surface area contributed by atoms with Crippen molar-refractivity contribution in [2.75, 3.05) is 42.3 Å². The number of carbonyl (C=O) groups is 1. The summed E-state index contributed by atoms with van der Waals surface area (Å²) in [5, 5.41) is 10.3. The second-order valence-corrected chi connectivity index (χ2v) is 8.95. The van der Waals surface area contributed by atoms with Gasteiger partial charge in [-0.15, -0.1) is 0 Å². The average Bonchev–Trinajstić information content (AvgIpc) is 3.01. The molecule has 0 aromatic heterocycles. The molecule has 0 radical (unpaired) electrons. The Morgan fingerprint density at radius 2 is 2.04 bits per heavy atom. The van der Waals surface area contributed by atoms with E-state index in [1.807, 2.05) is 11.8 Å². The first-order chi connectivity index (χ1) is 13.1. The number of amides is 1. The van der Waals surface area contributed by atoms with Gasteiger partial charge in [0.2, 0.25) is 0 Å². The summed E-state index contributed by atoms with van der Waals surface area (Å²) >= 11 is 0. The fourth-order valence-electron chi connectivity index (χ4n) is 3.46. The Balaban J connectivity index is 1.66. The van der Waals surface area contributed by atoms with E-state index in [-0.39, 0.29) is 13.2 Å². The van der Waals surface area contributed by atoms with Crippen LogP contribution in [0.5, 0.6) is 0 Å². The predicted molar refractivity (Wildman–Crippen MR) is 101 cm³/mol. The molecular formula is C18H25FN2O6S. The van der Waals surface area contributed by atoms with Crippen LogP contribution < -0.4 is 9.80 Å². The number of halogens is 1. The summed E-state index contributed by atoms with van der Waals surface area (Å²) in [6, 6.07) is 4.49. The molecule has 1 aromatic rings. The lowest BCUT2D eigenvalue weighted by Gasteiger charge is -2.39. The molecule has 10 heteroatoms. The molecule has 2 saturated heterocycles. The topological polar surface area (TPSA) is 96.4 Å². The fraction of sp³-hybridized carbons (Fsp3) is 0.611. The number of cyclic esters (lactones) is 1. The van der Waals surface area contributed by atoms with Gasteiger partial charge in [-0.3, -0.25) is 9.08 Å². The maximum absolute atomic E-state index is 14.7. The van der Waals surface area contributed by atoms with Gasteiger partial charge in [0.1, 0.15) is 18.5 Å². The molecule has 0 aliphatic carbocycles. The summed E-state index contributed by atoms with van der Waals surface area (Å²) in [6.45, 7) is 2.83. The molecule has 2 fully saturated rings. The minimum atomic E-state index is -3.64. The van der Waals surface area contributed by atoms with E-state index in [0.717, 1.165) is 6.26 Å². The highest BCUT2D eigenvalue weighted by atomic mass is 32.2. The van der Waals surface area contributed by atoms with Crippen molar-refractivity contribution >= 4 is 27.6 Å². The molecule has 0 spiro atoms. The Labute approximate surface area is 164 Å². The van der Waals surface area contributed by atoms with Gasteiger partial charge in [0, 0.05) is 13.1 Å². The van der Waals surface area contributed by atoms with Crippen molar-refractivity contribution in [3.63, 3.8) is 0 Å². The van der Waals surface area contributed by atoms with Crippen LogP contribution >= 0.6 is 0 Å². The monoisotopic (exact) mass is 416 g/mol. The van der Waals surface area contributed by atoms with Gasteiger partial charge < -0.3 is 14.7 Å². The van der Waals surface area contributed by atoms with Crippen molar-refractivity contribution < 1.29 is 31.6 Å². The van der Waals surface area contributed by atoms with Gasteiger partial charge in [-0.25, -0.2) is 9.18 Å². The summed E-state index contributed by atoms with van der Waals surface area (Å²) < 4.78 is 46.6. The van der Waals surface area contributed by atoms with Gasteiger partial charge in [0.15, 0.2) is 0 Å². The fourth-order valence-corrected chi connectivity index (χ4v) is 3.86. The molecule has 0 bridgehead atoms. The smallest absolute Gasteiger partial charge is 0.414 e. The zero-order chi connectivity index (χ0) is 20.5. The molecule has 0 unspecified atom stereocenters. The quantitative estimate of drug-likeness (QED) is 0.707. The SMILES string of the molecule is CCC1(O)CCN(c2ccc(N3C[C@H](COS(C)(=O)=O)OC3=O)cc2F)CC1. The molecule has 1 N–H and O–H groups in total. The highest BCUT2D eigenvalue weighted by Gasteiger charge is 2.34. The number of hydrogen-bond acceptors (Lipinski definition) is 7. The van der Waals surface area contributed by atoms with Crippen molar-refractivity contribution in [2.24, 2.45) is 0 Å². The van der Waals surface area contributed by atoms with Crippen LogP contribution in [0.3, 0.4) is 0 Å². The van der Waals surface area contributed by atoms with E-state index >= 15 is 0 Å². The lowest BCUT2D eigenvalue weighted by molar-refractivity contribution is 0.0125. The molecule has 1 aromatic carbocycles. The first-order valence-corrected chi connectivity index (χ1v) is 11.0. The Hall–Kier alpha value is -1.91. The van der Waals surface area contributed by atoms with E-state index in [0.29, 0.717) is 43.7 Å². The molecular weight excluding hydrogens is 391 g/mol. The van der Waals surface area contributed by atoms with E-state index in [4.69, 9.17) is 4.74 Å². The van der Waals surface area contributed by atoms with Crippen molar-refractivity contribution in [1.29, 1.82) is 0 Å². The van der Waals surface area contributed by atoms with E-state index < -0.39 is 33.7 Å². The minimum Gasteiger partial charge on any atom is -0.441 e. The molecule has 3 rings (SSSR count). The third-order valence-electron chi connectivity index (χ3n) is 5.28. The number of piperidine rings is 1. The molecule has 0 saturated carbocycles. The van der Waals surface area contributed by atoms with Gasteiger partial charge in [-0.05, 0) is 37.5 Å². The first kappa shape index (κ1) is 20.8. The first-order valence-electron chi connectivity index (χ1n) is 9.20. The van der Waals surface area contributed by atoms with Gasteiger partial charge in [-0.2, -0.15) is 8.42 Å². The van der Waals surface area contributed by atoms with Crippen molar-refractivity contribution in [2.45, 2.75) is 37.9 Å². The number of nitrogens with zero attached hydrogens (tertiary/aromatic N) is 2. The van der Waals surface area contributed by atoms with Gasteiger partial charge in [0.25, 0.3) is 10.1 Å². The number of benzene rings is 1. The molecule has 8 nitrogen and oxygen atoms in total. The number of hydrogen-bond donors (Lipinski definition) is 1. The summed E-state index contributed by atoms with van der Waals surface area (Å²) in [6.07, 6.45) is 1.30. The van der Waals surface area contributed by atoms with Gasteiger partial charge in [0.05, 0.1) is 29.8 Å². The van der Waals surface area contributed by atoms with Crippen LogP contribution in [0.1, 0.15) is 26.2 Å². The lowest BCUT2D eigenvalue weighted by atomic mass is 9.89. The second-order valence-electron chi connectivity index (χ2n) is 7.31. The van der Waals surface area contributed by atoms with Crippen LogP contribution in [0.2, 0.25) is 0 Å². The van der Waals surface area contributed by atoms with Crippen LogP contribution in [0, 0.1) is 5.82 Å². The largest absolute Gasteiger partial charge is 0.441 e. The third-order valence-corrected chi connectivity index (χ3v) is 5.84. The number of rotatable bonds is 6. The normalized spacial score (nSPS) is 22.4. The number of ether oxygens (including phenoxy) is 1. The molecule has 1 amide bonds. The predicted octanol–water partition coefficient (Wildman–Crippen LogP) is 1.87. The summed E-state index contributed by atoms with van der Waals surface area (Å²) in [5.74, 6) is -0.469. The van der Waals surface area contributed by atoms with E-state index in [9.17, 15) is 22.7 Å². The minimum absolute atomic E-state index is 0.0698. The lowest BCUT2D eigenvalue weighted by Crippen LogP contribution is -2.44. The number of carbonyl (C=O) groups excluding carboxylic acids is 1. The molecule has 2 aliphatic heterocycles. The molecule has 1 atom stereocenters. The Morgan fingerprint density at radius 1 is 1.36 bits per heavy atom.